The average molecular weight is 249 g/mol. The molecule has 1 fully saturated rings. The molecule has 2 rings (SSSR count). The second-order valence-electron chi connectivity index (χ2n) is 4.31. The molecule has 0 aromatic carbocycles. The number of nitrogens with zero attached hydrogens (tertiary/aromatic N) is 3. The first-order valence-electron chi connectivity index (χ1n) is 5.68. The summed E-state index contributed by atoms with van der Waals surface area (Å²) in [4.78, 5) is 32.5. The van der Waals surface area contributed by atoms with Gasteiger partial charge in [-0.1, -0.05) is 0 Å². The van der Waals surface area contributed by atoms with Gasteiger partial charge in [-0.3, -0.25) is 14.6 Å². The van der Waals surface area contributed by atoms with Gasteiger partial charge in [0.05, 0.1) is 12.4 Å². The molecule has 7 nitrogen and oxygen atoms in total. The number of carbonyl (C=O) groups is 2. The van der Waals surface area contributed by atoms with Crippen LogP contribution in [-0.2, 0) is 4.79 Å². The predicted molar refractivity (Wildman–Crippen MR) is 64.6 cm³/mol. The lowest BCUT2D eigenvalue weighted by Gasteiger charge is -2.29. The minimum atomic E-state index is -0.317. The molecule has 1 aliphatic heterocycles. The molecule has 2 amide bonds. The highest BCUT2D eigenvalue weighted by atomic mass is 16.2. The Kier molecular flexibility index (Phi) is 3.40. The van der Waals surface area contributed by atoms with E-state index >= 15 is 0 Å². The lowest BCUT2D eigenvalue weighted by atomic mass is 10.1. The molecular formula is C11H15N5O2. The van der Waals surface area contributed by atoms with Gasteiger partial charge >= 0.3 is 0 Å². The maximum absolute atomic E-state index is 11.9. The van der Waals surface area contributed by atoms with E-state index in [1.807, 2.05) is 0 Å². The molecule has 7 heteroatoms. The Balaban J connectivity index is 1.98. The molecule has 0 spiro atoms. The van der Waals surface area contributed by atoms with Crippen molar-refractivity contribution in [2.75, 3.05) is 19.3 Å². The summed E-state index contributed by atoms with van der Waals surface area (Å²) in [5, 5.41) is 2.82. The smallest absolute Gasteiger partial charge is 0.271 e. The zero-order chi connectivity index (χ0) is 13.1. The van der Waals surface area contributed by atoms with Crippen molar-refractivity contribution in [3.8, 4) is 0 Å². The molecule has 1 aliphatic rings. The van der Waals surface area contributed by atoms with E-state index in [-0.39, 0.29) is 29.4 Å². The molecule has 0 saturated carbocycles. The number of nitrogens with one attached hydrogen (secondary N) is 1. The third-order valence-corrected chi connectivity index (χ3v) is 2.85. The number of nitrogen functional groups attached to an aromatic ring is 1. The van der Waals surface area contributed by atoms with Gasteiger partial charge in [0.15, 0.2) is 0 Å². The number of carbonyl (C=O) groups excluding carboxylic acids is 2. The van der Waals surface area contributed by atoms with Crippen LogP contribution in [0.2, 0.25) is 0 Å². The number of likely N-dealkylation sites (N-methyl/N-ethyl adjacent to an activating group) is 1. The normalized spacial score (nSPS) is 19.7. The van der Waals surface area contributed by atoms with Crippen molar-refractivity contribution in [2.45, 2.75) is 18.9 Å². The maximum Gasteiger partial charge on any atom is 0.271 e. The summed E-state index contributed by atoms with van der Waals surface area (Å²) in [6, 6.07) is -0.0524. The van der Waals surface area contributed by atoms with E-state index in [1.165, 1.54) is 12.4 Å². The van der Waals surface area contributed by atoms with Gasteiger partial charge in [-0.25, -0.2) is 4.98 Å². The van der Waals surface area contributed by atoms with Gasteiger partial charge in [-0.05, 0) is 6.42 Å². The Morgan fingerprint density at radius 1 is 1.56 bits per heavy atom. The van der Waals surface area contributed by atoms with E-state index in [1.54, 1.807) is 11.9 Å². The van der Waals surface area contributed by atoms with Gasteiger partial charge < -0.3 is 16.0 Å². The molecule has 1 saturated heterocycles. The Hall–Kier alpha value is -2.18. The fourth-order valence-corrected chi connectivity index (χ4v) is 1.88. The zero-order valence-electron chi connectivity index (χ0n) is 10.1. The molecule has 0 bridgehead atoms. The predicted octanol–water partition coefficient (Wildman–Crippen LogP) is -0.591. The highest BCUT2D eigenvalue weighted by Gasteiger charge is 2.24. The summed E-state index contributed by atoms with van der Waals surface area (Å²) in [6.45, 7) is 0.514. The number of rotatable bonds is 2. The Morgan fingerprint density at radius 2 is 2.33 bits per heavy atom. The van der Waals surface area contributed by atoms with Gasteiger partial charge in [0, 0.05) is 26.1 Å². The molecular weight excluding hydrogens is 234 g/mol. The van der Waals surface area contributed by atoms with Crippen molar-refractivity contribution in [3.05, 3.63) is 18.1 Å². The van der Waals surface area contributed by atoms with Gasteiger partial charge in [0.2, 0.25) is 5.91 Å². The molecule has 3 N–H and O–H groups in total. The van der Waals surface area contributed by atoms with E-state index in [9.17, 15) is 9.59 Å². The Morgan fingerprint density at radius 3 is 3.00 bits per heavy atom. The molecule has 0 aliphatic carbocycles. The number of anilines is 1. The van der Waals surface area contributed by atoms with E-state index < -0.39 is 0 Å². The number of piperidine rings is 1. The molecule has 96 valence electrons. The monoisotopic (exact) mass is 249 g/mol. The van der Waals surface area contributed by atoms with Crippen molar-refractivity contribution in [3.63, 3.8) is 0 Å². The highest BCUT2D eigenvalue weighted by Crippen LogP contribution is 2.10. The Bertz CT molecular complexity index is 476. The lowest BCUT2D eigenvalue weighted by molar-refractivity contribution is -0.132. The van der Waals surface area contributed by atoms with Crippen molar-refractivity contribution >= 4 is 17.6 Å². The standard InChI is InChI=1S/C11H15N5O2/c1-16-6-7(2-3-10(16)17)14-11(18)8-4-13-5-9(12)15-8/h4-5,7H,2-3,6H2,1H3,(H2,12,15)(H,14,18). The molecule has 1 unspecified atom stereocenters. The number of amides is 2. The summed E-state index contributed by atoms with van der Waals surface area (Å²) in [5.74, 6) is -0.00890. The van der Waals surface area contributed by atoms with Crippen molar-refractivity contribution in [2.24, 2.45) is 0 Å². The number of hydrogen-bond donors (Lipinski definition) is 2. The quantitative estimate of drug-likeness (QED) is 0.729. The molecule has 1 aromatic rings. The van der Waals surface area contributed by atoms with Crippen molar-refractivity contribution in [1.82, 2.24) is 20.2 Å². The van der Waals surface area contributed by atoms with Crippen LogP contribution in [0.4, 0.5) is 5.82 Å². The van der Waals surface area contributed by atoms with Crippen LogP contribution in [0.3, 0.4) is 0 Å². The Labute approximate surface area is 104 Å². The van der Waals surface area contributed by atoms with Crippen LogP contribution in [0.1, 0.15) is 23.3 Å². The third kappa shape index (κ3) is 2.73. The topological polar surface area (TPSA) is 101 Å². The van der Waals surface area contributed by atoms with E-state index in [0.29, 0.717) is 19.4 Å². The van der Waals surface area contributed by atoms with Crippen molar-refractivity contribution in [1.29, 1.82) is 0 Å². The number of nitrogens with two attached hydrogens (primary N) is 1. The largest absolute Gasteiger partial charge is 0.382 e. The van der Waals surface area contributed by atoms with Gasteiger partial charge in [0.25, 0.3) is 5.91 Å². The number of aromatic nitrogens is 2. The summed E-state index contributed by atoms with van der Waals surface area (Å²) < 4.78 is 0. The number of hydrogen-bond acceptors (Lipinski definition) is 5. The van der Waals surface area contributed by atoms with E-state index in [4.69, 9.17) is 5.73 Å². The number of likely N-dealkylation sites (tertiary alicyclic amines) is 1. The van der Waals surface area contributed by atoms with Crippen LogP contribution < -0.4 is 11.1 Å². The fraction of sp³-hybridized carbons (Fsp3) is 0.455. The van der Waals surface area contributed by atoms with Gasteiger partial charge in [0.1, 0.15) is 11.5 Å². The van der Waals surface area contributed by atoms with Crippen LogP contribution in [0.15, 0.2) is 12.4 Å². The summed E-state index contributed by atoms with van der Waals surface area (Å²) in [6.07, 6.45) is 3.84. The van der Waals surface area contributed by atoms with Gasteiger partial charge in [-0.2, -0.15) is 0 Å². The molecule has 1 aromatic heterocycles. The van der Waals surface area contributed by atoms with Crippen molar-refractivity contribution < 1.29 is 9.59 Å². The molecule has 0 radical (unpaired) electrons. The second-order valence-corrected chi connectivity index (χ2v) is 4.31. The fourth-order valence-electron chi connectivity index (χ4n) is 1.88. The van der Waals surface area contributed by atoms with Crippen LogP contribution in [0.25, 0.3) is 0 Å². The van der Waals surface area contributed by atoms with E-state index in [2.05, 4.69) is 15.3 Å². The van der Waals surface area contributed by atoms with Crippen LogP contribution >= 0.6 is 0 Å². The first kappa shape index (κ1) is 12.3. The minimum Gasteiger partial charge on any atom is -0.382 e. The maximum atomic E-state index is 11.9. The molecule has 18 heavy (non-hydrogen) atoms. The minimum absolute atomic E-state index is 0.0524. The molecule has 1 atom stereocenters. The second kappa shape index (κ2) is 4.99. The van der Waals surface area contributed by atoms with Crippen LogP contribution in [-0.4, -0.2) is 46.3 Å². The van der Waals surface area contributed by atoms with Crippen LogP contribution in [0.5, 0.6) is 0 Å². The highest BCUT2D eigenvalue weighted by molar-refractivity contribution is 5.92. The third-order valence-electron chi connectivity index (χ3n) is 2.85. The summed E-state index contributed by atoms with van der Waals surface area (Å²) >= 11 is 0. The van der Waals surface area contributed by atoms with Gasteiger partial charge in [-0.15, -0.1) is 0 Å². The summed E-state index contributed by atoms with van der Waals surface area (Å²) in [5.41, 5.74) is 5.65. The van der Waals surface area contributed by atoms with E-state index in [0.717, 1.165) is 0 Å². The lowest BCUT2D eigenvalue weighted by Crippen LogP contribution is -2.48. The summed E-state index contributed by atoms with van der Waals surface area (Å²) in [7, 11) is 1.72. The zero-order valence-corrected chi connectivity index (χ0v) is 10.1. The SMILES string of the molecule is CN1CC(NC(=O)c2cncc(N)n2)CCC1=O. The first-order valence-corrected chi connectivity index (χ1v) is 5.68. The first-order chi connectivity index (χ1) is 8.56. The average Bonchev–Trinajstić information content (AvgIpc) is 2.34. The van der Waals surface area contributed by atoms with Crippen LogP contribution in [0, 0.1) is 0 Å². The molecule has 2 heterocycles.